The monoisotopic (exact) mass is 289 g/mol. The third kappa shape index (κ3) is 3.78. The molecule has 0 radical (unpaired) electrons. The number of aliphatic hydroxyl groups excluding tert-OH is 1. The van der Waals surface area contributed by atoms with E-state index in [2.05, 4.69) is 23.1 Å². The van der Waals surface area contributed by atoms with E-state index in [-0.39, 0.29) is 6.10 Å². The second kappa shape index (κ2) is 6.80. The molecule has 0 spiro atoms. The number of piperidine rings is 1. The first-order valence-corrected chi connectivity index (χ1v) is 8.39. The summed E-state index contributed by atoms with van der Waals surface area (Å²) in [6.07, 6.45) is 6.73. The van der Waals surface area contributed by atoms with Crippen LogP contribution >= 0.6 is 0 Å². The minimum atomic E-state index is -0.187. The lowest BCUT2D eigenvalue weighted by molar-refractivity contribution is 0.0877. The maximum atomic E-state index is 9.67. The van der Waals surface area contributed by atoms with Crippen LogP contribution in [0.5, 0.6) is 5.75 Å². The average molecular weight is 289 g/mol. The lowest BCUT2D eigenvalue weighted by Gasteiger charge is -2.36. The molecule has 1 aromatic carbocycles. The third-order valence-corrected chi connectivity index (χ3v) is 4.80. The van der Waals surface area contributed by atoms with E-state index in [0.717, 1.165) is 38.2 Å². The molecule has 1 N–H and O–H groups in total. The van der Waals surface area contributed by atoms with Gasteiger partial charge < -0.3 is 9.84 Å². The van der Waals surface area contributed by atoms with Crippen molar-refractivity contribution in [2.75, 3.05) is 19.7 Å². The van der Waals surface area contributed by atoms with E-state index in [4.69, 9.17) is 4.74 Å². The number of aliphatic hydroxyl groups is 1. The summed E-state index contributed by atoms with van der Waals surface area (Å²) in [5, 5.41) is 9.67. The molecule has 0 aromatic heterocycles. The highest BCUT2D eigenvalue weighted by atomic mass is 16.5. The average Bonchev–Trinajstić information content (AvgIpc) is 2.93. The first kappa shape index (κ1) is 14.9. The fourth-order valence-electron chi connectivity index (χ4n) is 3.68. The Balaban J connectivity index is 1.57. The molecule has 3 nitrogen and oxygen atoms in total. The van der Waals surface area contributed by atoms with Crippen molar-refractivity contribution in [2.45, 2.75) is 57.6 Å². The van der Waals surface area contributed by atoms with Gasteiger partial charge in [0, 0.05) is 19.0 Å². The van der Waals surface area contributed by atoms with Crippen molar-refractivity contribution in [1.29, 1.82) is 0 Å². The summed E-state index contributed by atoms with van der Waals surface area (Å²) in [5.74, 6) is 1.07. The zero-order chi connectivity index (χ0) is 14.7. The summed E-state index contributed by atoms with van der Waals surface area (Å²) in [6.45, 7) is 5.04. The molecule has 2 unspecified atom stereocenters. The molecule has 0 aliphatic carbocycles. The number of benzene rings is 1. The molecule has 21 heavy (non-hydrogen) atoms. The van der Waals surface area contributed by atoms with Gasteiger partial charge in [-0.1, -0.05) is 18.6 Å². The van der Waals surface area contributed by atoms with Gasteiger partial charge in [-0.05, 0) is 56.3 Å². The maximum Gasteiger partial charge on any atom is 0.122 e. The van der Waals surface area contributed by atoms with Crippen LogP contribution in [0.2, 0.25) is 0 Å². The van der Waals surface area contributed by atoms with Gasteiger partial charge in [0.15, 0.2) is 0 Å². The zero-order valence-corrected chi connectivity index (χ0v) is 13.1. The molecule has 1 aromatic rings. The molecule has 0 saturated carbocycles. The molecular weight excluding hydrogens is 262 g/mol. The summed E-state index contributed by atoms with van der Waals surface area (Å²) in [7, 11) is 0. The van der Waals surface area contributed by atoms with Crippen molar-refractivity contribution >= 4 is 0 Å². The molecule has 116 valence electrons. The minimum Gasteiger partial charge on any atom is -0.493 e. The van der Waals surface area contributed by atoms with Gasteiger partial charge in [0.05, 0.1) is 12.7 Å². The maximum absolute atomic E-state index is 9.67. The second-order valence-corrected chi connectivity index (χ2v) is 6.56. The van der Waals surface area contributed by atoms with Gasteiger partial charge in [0.25, 0.3) is 0 Å². The van der Waals surface area contributed by atoms with Crippen LogP contribution in [0.3, 0.4) is 0 Å². The number of ether oxygens (including phenoxy) is 1. The van der Waals surface area contributed by atoms with Crippen LogP contribution in [0.1, 0.15) is 43.7 Å². The fraction of sp³-hybridized carbons (Fsp3) is 0.667. The molecule has 0 bridgehead atoms. The van der Waals surface area contributed by atoms with E-state index in [1.165, 1.54) is 36.9 Å². The summed E-state index contributed by atoms with van der Waals surface area (Å²) in [4.78, 5) is 2.58. The Hall–Kier alpha value is -1.06. The van der Waals surface area contributed by atoms with Crippen LogP contribution in [0.15, 0.2) is 18.2 Å². The SMILES string of the molecule is CC(O)CC1CCCCN1CCc1ccc2c(c1)CCO2. The largest absolute Gasteiger partial charge is 0.493 e. The molecule has 2 atom stereocenters. The van der Waals surface area contributed by atoms with Gasteiger partial charge in [-0.3, -0.25) is 4.90 Å². The smallest absolute Gasteiger partial charge is 0.122 e. The van der Waals surface area contributed by atoms with Gasteiger partial charge >= 0.3 is 0 Å². The summed E-state index contributed by atoms with van der Waals surface area (Å²) in [5.41, 5.74) is 2.78. The molecule has 1 fully saturated rings. The third-order valence-electron chi connectivity index (χ3n) is 4.80. The Morgan fingerprint density at radius 3 is 3.14 bits per heavy atom. The molecular formula is C18H27NO2. The highest BCUT2D eigenvalue weighted by Gasteiger charge is 2.23. The van der Waals surface area contributed by atoms with Crippen LogP contribution in [0.25, 0.3) is 0 Å². The van der Waals surface area contributed by atoms with Gasteiger partial charge in [-0.25, -0.2) is 0 Å². The Kier molecular flexibility index (Phi) is 4.81. The predicted molar refractivity (Wildman–Crippen MR) is 84.9 cm³/mol. The highest BCUT2D eigenvalue weighted by molar-refractivity contribution is 5.39. The molecule has 2 aliphatic rings. The van der Waals surface area contributed by atoms with E-state index >= 15 is 0 Å². The Morgan fingerprint density at radius 2 is 2.29 bits per heavy atom. The van der Waals surface area contributed by atoms with Crippen LogP contribution in [-0.4, -0.2) is 41.8 Å². The number of rotatable bonds is 5. The molecule has 0 amide bonds. The lowest BCUT2D eigenvalue weighted by Crippen LogP contribution is -2.42. The van der Waals surface area contributed by atoms with Crippen molar-refractivity contribution in [3.8, 4) is 5.75 Å². The molecule has 1 saturated heterocycles. The van der Waals surface area contributed by atoms with E-state index in [1.54, 1.807) is 0 Å². The van der Waals surface area contributed by atoms with Gasteiger partial charge in [0.1, 0.15) is 5.75 Å². The van der Waals surface area contributed by atoms with E-state index in [0.29, 0.717) is 6.04 Å². The van der Waals surface area contributed by atoms with Gasteiger partial charge in [-0.2, -0.15) is 0 Å². The fourth-order valence-corrected chi connectivity index (χ4v) is 3.68. The number of nitrogens with zero attached hydrogens (tertiary/aromatic N) is 1. The van der Waals surface area contributed by atoms with Crippen molar-refractivity contribution in [3.05, 3.63) is 29.3 Å². The molecule has 3 rings (SSSR count). The second-order valence-electron chi connectivity index (χ2n) is 6.56. The van der Waals surface area contributed by atoms with Crippen LogP contribution in [-0.2, 0) is 12.8 Å². The Bertz CT molecular complexity index is 472. The van der Waals surface area contributed by atoms with Crippen molar-refractivity contribution in [1.82, 2.24) is 4.90 Å². The van der Waals surface area contributed by atoms with Crippen LogP contribution in [0.4, 0.5) is 0 Å². The van der Waals surface area contributed by atoms with Crippen molar-refractivity contribution in [2.24, 2.45) is 0 Å². The summed E-state index contributed by atoms with van der Waals surface area (Å²) >= 11 is 0. The number of hydrogen-bond acceptors (Lipinski definition) is 3. The van der Waals surface area contributed by atoms with E-state index < -0.39 is 0 Å². The first-order valence-electron chi connectivity index (χ1n) is 8.39. The molecule has 2 heterocycles. The summed E-state index contributed by atoms with van der Waals surface area (Å²) < 4.78 is 5.57. The summed E-state index contributed by atoms with van der Waals surface area (Å²) in [6, 6.07) is 7.21. The van der Waals surface area contributed by atoms with Gasteiger partial charge in [0.2, 0.25) is 0 Å². The van der Waals surface area contributed by atoms with Crippen molar-refractivity contribution in [3.63, 3.8) is 0 Å². The number of hydrogen-bond donors (Lipinski definition) is 1. The zero-order valence-electron chi connectivity index (χ0n) is 13.1. The van der Waals surface area contributed by atoms with E-state index in [1.807, 2.05) is 6.92 Å². The van der Waals surface area contributed by atoms with Crippen LogP contribution in [0, 0.1) is 0 Å². The van der Waals surface area contributed by atoms with Crippen LogP contribution < -0.4 is 4.74 Å². The highest BCUT2D eigenvalue weighted by Crippen LogP contribution is 2.27. The van der Waals surface area contributed by atoms with Gasteiger partial charge in [-0.15, -0.1) is 0 Å². The number of fused-ring (bicyclic) bond motifs is 1. The number of likely N-dealkylation sites (tertiary alicyclic amines) is 1. The van der Waals surface area contributed by atoms with Crippen molar-refractivity contribution < 1.29 is 9.84 Å². The molecule has 3 heteroatoms. The first-order chi connectivity index (χ1) is 10.2. The topological polar surface area (TPSA) is 32.7 Å². The normalized spacial score (nSPS) is 23.6. The Morgan fingerprint density at radius 1 is 1.38 bits per heavy atom. The predicted octanol–water partition coefficient (Wildman–Crippen LogP) is 2.79. The van der Waals surface area contributed by atoms with E-state index in [9.17, 15) is 5.11 Å². The Labute approximate surface area is 127 Å². The standard InChI is InChI=1S/C18H27NO2/c1-14(20)12-17-4-2-3-9-19(17)10-7-15-5-6-18-16(13-15)8-11-21-18/h5-6,13-14,17,20H,2-4,7-12H2,1H3. The quantitative estimate of drug-likeness (QED) is 0.905. The lowest BCUT2D eigenvalue weighted by atomic mass is 9.96. The molecule has 2 aliphatic heterocycles. The minimum absolute atomic E-state index is 0.187.